The van der Waals surface area contributed by atoms with Crippen molar-refractivity contribution in [3.8, 4) is 0 Å². The number of thiophene rings is 1. The highest BCUT2D eigenvalue weighted by atomic mass is 32.1. The summed E-state index contributed by atoms with van der Waals surface area (Å²) in [5, 5.41) is 0.517. The number of amides is 1. The minimum absolute atomic E-state index is 0.0272. The average molecular weight is 355 g/mol. The number of hydrogen-bond donors (Lipinski definition) is 1. The molecule has 1 amide bonds. The van der Waals surface area contributed by atoms with E-state index in [9.17, 15) is 9.59 Å². The molecule has 1 N–H and O–H groups in total. The molecule has 4 heterocycles. The van der Waals surface area contributed by atoms with Crippen molar-refractivity contribution in [2.75, 3.05) is 31.1 Å². The van der Waals surface area contributed by atoms with Crippen LogP contribution in [0.1, 0.15) is 15.2 Å². The van der Waals surface area contributed by atoms with Crippen LogP contribution in [0, 0.1) is 6.92 Å². The van der Waals surface area contributed by atoms with Crippen LogP contribution in [0.25, 0.3) is 10.2 Å². The van der Waals surface area contributed by atoms with Crippen LogP contribution in [0.5, 0.6) is 0 Å². The number of rotatable bonds is 2. The summed E-state index contributed by atoms with van der Waals surface area (Å²) in [7, 11) is 0. The number of carbonyl (C=O) groups is 1. The number of aromatic nitrogens is 3. The van der Waals surface area contributed by atoms with Gasteiger partial charge in [0.15, 0.2) is 0 Å². The first-order valence-electron chi connectivity index (χ1n) is 8.07. The summed E-state index contributed by atoms with van der Waals surface area (Å²) in [5.41, 5.74) is 0.518. The SMILES string of the molecule is Cc1c(C(=O)N2CCN(c3ccccn3)CC2)sc2nc[nH]c(=O)c12. The van der Waals surface area contributed by atoms with Crippen molar-refractivity contribution in [3.05, 3.63) is 51.5 Å². The highest BCUT2D eigenvalue weighted by molar-refractivity contribution is 7.20. The molecule has 1 aliphatic heterocycles. The molecule has 0 unspecified atom stereocenters. The molecule has 25 heavy (non-hydrogen) atoms. The van der Waals surface area contributed by atoms with Crippen LogP contribution in [0.15, 0.2) is 35.5 Å². The van der Waals surface area contributed by atoms with E-state index in [1.165, 1.54) is 17.7 Å². The highest BCUT2D eigenvalue weighted by Crippen LogP contribution is 2.28. The number of anilines is 1. The molecular formula is C17H17N5O2S. The van der Waals surface area contributed by atoms with Crippen LogP contribution in [0.2, 0.25) is 0 Å². The Morgan fingerprint density at radius 1 is 1.20 bits per heavy atom. The summed E-state index contributed by atoms with van der Waals surface area (Å²) in [5.74, 6) is 0.906. The maximum absolute atomic E-state index is 12.9. The van der Waals surface area contributed by atoms with Crippen molar-refractivity contribution in [2.24, 2.45) is 0 Å². The molecule has 0 aromatic carbocycles. The first-order chi connectivity index (χ1) is 12.1. The lowest BCUT2D eigenvalue weighted by Gasteiger charge is -2.35. The van der Waals surface area contributed by atoms with Crippen LogP contribution in [-0.4, -0.2) is 51.9 Å². The molecule has 1 saturated heterocycles. The smallest absolute Gasteiger partial charge is 0.264 e. The van der Waals surface area contributed by atoms with Gasteiger partial charge in [0.1, 0.15) is 10.6 Å². The summed E-state index contributed by atoms with van der Waals surface area (Å²) in [6, 6.07) is 5.83. The van der Waals surface area contributed by atoms with Crippen LogP contribution >= 0.6 is 11.3 Å². The third kappa shape index (κ3) is 2.78. The normalized spacial score (nSPS) is 14.9. The molecule has 0 aliphatic carbocycles. The van der Waals surface area contributed by atoms with Crippen LogP contribution in [0.4, 0.5) is 5.82 Å². The van der Waals surface area contributed by atoms with E-state index in [1.54, 1.807) is 6.20 Å². The van der Waals surface area contributed by atoms with Crippen LogP contribution < -0.4 is 10.5 Å². The first kappa shape index (κ1) is 15.8. The number of aromatic amines is 1. The van der Waals surface area contributed by atoms with Crippen molar-refractivity contribution in [3.63, 3.8) is 0 Å². The van der Waals surface area contributed by atoms with Gasteiger partial charge in [0, 0.05) is 32.4 Å². The fourth-order valence-electron chi connectivity index (χ4n) is 3.11. The number of pyridine rings is 1. The number of hydrogen-bond acceptors (Lipinski definition) is 6. The molecule has 3 aromatic rings. The molecule has 0 saturated carbocycles. The second kappa shape index (κ2) is 6.29. The van der Waals surface area contributed by atoms with Gasteiger partial charge in [-0.05, 0) is 24.6 Å². The summed E-state index contributed by atoms with van der Waals surface area (Å²) in [6.07, 6.45) is 3.15. The second-order valence-corrected chi connectivity index (χ2v) is 6.93. The van der Waals surface area contributed by atoms with E-state index in [0.29, 0.717) is 33.7 Å². The van der Waals surface area contributed by atoms with E-state index < -0.39 is 0 Å². The Labute approximate surface area is 147 Å². The van der Waals surface area contributed by atoms with E-state index in [1.807, 2.05) is 30.0 Å². The Bertz CT molecular complexity index is 974. The molecule has 1 aliphatic rings. The predicted molar refractivity (Wildman–Crippen MR) is 97.3 cm³/mol. The zero-order valence-electron chi connectivity index (χ0n) is 13.7. The van der Waals surface area contributed by atoms with Gasteiger partial charge in [-0.15, -0.1) is 11.3 Å². The van der Waals surface area contributed by atoms with Gasteiger partial charge in [0.2, 0.25) is 0 Å². The van der Waals surface area contributed by atoms with Gasteiger partial charge < -0.3 is 14.8 Å². The minimum Gasteiger partial charge on any atom is -0.353 e. The van der Waals surface area contributed by atoms with E-state index in [4.69, 9.17) is 0 Å². The number of H-pyrrole nitrogens is 1. The van der Waals surface area contributed by atoms with Gasteiger partial charge >= 0.3 is 0 Å². The van der Waals surface area contributed by atoms with Crippen molar-refractivity contribution >= 4 is 33.3 Å². The fraction of sp³-hybridized carbons (Fsp3) is 0.294. The van der Waals surface area contributed by atoms with Gasteiger partial charge in [-0.1, -0.05) is 6.07 Å². The lowest BCUT2D eigenvalue weighted by Crippen LogP contribution is -2.49. The van der Waals surface area contributed by atoms with Gasteiger partial charge in [-0.2, -0.15) is 0 Å². The molecule has 128 valence electrons. The topological polar surface area (TPSA) is 82.2 Å². The number of fused-ring (bicyclic) bond motifs is 1. The zero-order chi connectivity index (χ0) is 17.4. The van der Waals surface area contributed by atoms with Gasteiger partial charge in [0.25, 0.3) is 11.5 Å². The molecule has 0 atom stereocenters. The van der Waals surface area contributed by atoms with Crippen LogP contribution in [-0.2, 0) is 0 Å². The van der Waals surface area contributed by atoms with Gasteiger partial charge in [0.05, 0.1) is 16.6 Å². The third-order valence-corrected chi connectivity index (χ3v) is 5.65. The molecule has 1 fully saturated rings. The van der Waals surface area contributed by atoms with Crippen molar-refractivity contribution < 1.29 is 4.79 Å². The lowest BCUT2D eigenvalue weighted by molar-refractivity contribution is 0.0751. The standard InChI is InChI=1S/C17H17N5O2S/c1-11-13-15(23)19-10-20-16(13)25-14(11)17(24)22-8-6-21(7-9-22)12-4-2-3-5-18-12/h2-5,10H,6-9H2,1H3,(H,19,20,23). The Balaban J connectivity index is 1.54. The van der Waals surface area contributed by atoms with Gasteiger partial charge in [-0.25, -0.2) is 9.97 Å². The van der Waals surface area contributed by atoms with Crippen molar-refractivity contribution in [2.45, 2.75) is 6.92 Å². The summed E-state index contributed by atoms with van der Waals surface area (Å²) >= 11 is 1.29. The van der Waals surface area contributed by atoms with E-state index in [2.05, 4.69) is 19.9 Å². The third-order valence-electron chi connectivity index (χ3n) is 4.47. The van der Waals surface area contributed by atoms with E-state index >= 15 is 0 Å². The van der Waals surface area contributed by atoms with E-state index in [-0.39, 0.29) is 11.5 Å². The quantitative estimate of drug-likeness (QED) is 0.756. The zero-order valence-corrected chi connectivity index (χ0v) is 14.5. The molecule has 7 nitrogen and oxygen atoms in total. The Kier molecular flexibility index (Phi) is 3.96. The number of piperazine rings is 1. The molecule has 8 heteroatoms. The summed E-state index contributed by atoms with van der Waals surface area (Å²) in [6.45, 7) is 4.56. The minimum atomic E-state index is -0.197. The highest BCUT2D eigenvalue weighted by Gasteiger charge is 2.26. The molecule has 4 rings (SSSR count). The predicted octanol–water partition coefficient (Wildman–Crippen LogP) is 1.65. The second-order valence-electron chi connectivity index (χ2n) is 5.94. The molecule has 3 aromatic heterocycles. The van der Waals surface area contributed by atoms with Crippen molar-refractivity contribution in [1.29, 1.82) is 0 Å². The molecular weight excluding hydrogens is 338 g/mol. The Morgan fingerprint density at radius 2 is 2.00 bits per heavy atom. The monoisotopic (exact) mass is 355 g/mol. The molecule has 0 spiro atoms. The maximum atomic E-state index is 12.9. The van der Waals surface area contributed by atoms with Gasteiger partial charge in [-0.3, -0.25) is 9.59 Å². The number of nitrogens with one attached hydrogen (secondary N) is 1. The Hall–Kier alpha value is -2.74. The maximum Gasteiger partial charge on any atom is 0.264 e. The molecule has 0 bridgehead atoms. The summed E-state index contributed by atoms with van der Waals surface area (Å²) in [4.78, 5) is 41.2. The first-order valence-corrected chi connectivity index (χ1v) is 8.89. The number of carbonyl (C=O) groups excluding carboxylic acids is 1. The number of nitrogens with zero attached hydrogens (tertiary/aromatic N) is 4. The van der Waals surface area contributed by atoms with Crippen LogP contribution in [0.3, 0.4) is 0 Å². The van der Waals surface area contributed by atoms with E-state index in [0.717, 1.165) is 18.9 Å². The van der Waals surface area contributed by atoms with Crippen molar-refractivity contribution in [1.82, 2.24) is 19.9 Å². The Morgan fingerprint density at radius 3 is 2.68 bits per heavy atom. The largest absolute Gasteiger partial charge is 0.353 e. The fourth-order valence-corrected chi connectivity index (χ4v) is 4.22. The summed E-state index contributed by atoms with van der Waals surface area (Å²) < 4.78 is 0. The lowest BCUT2D eigenvalue weighted by atomic mass is 10.2. The number of aryl methyl sites for hydroxylation is 1. The average Bonchev–Trinajstić information content (AvgIpc) is 3.00. The molecule has 0 radical (unpaired) electrons.